The van der Waals surface area contributed by atoms with Gasteiger partial charge in [0.1, 0.15) is 12.6 Å². The summed E-state index contributed by atoms with van der Waals surface area (Å²) in [6.45, 7) is -0.380. The molecule has 1 aliphatic carbocycles. The van der Waals surface area contributed by atoms with Gasteiger partial charge in [-0.15, -0.1) is 10.2 Å². The number of halogens is 3. The van der Waals surface area contributed by atoms with Crippen LogP contribution in [0.5, 0.6) is 5.88 Å². The van der Waals surface area contributed by atoms with Crippen LogP contribution in [0.4, 0.5) is 14.7 Å². The fraction of sp³-hybridized carbons (Fsp3) is 0.318. The molecule has 1 saturated carbocycles. The molecule has 1 aliphatic rings. The van der Waals surface area contributed by atoms with Crippen molar-refractivity contribution in [3.8, 4) is 5.88 Å². The Hall–Kier alpha value is -3.41. The predicted octanol–water partition coefficient (Wildman–Crippen LogP) is 3.65. The molecule has 9 nitrogen and oxygen atoms in total. The first-order chi connectivity index (χ1) is 16.4. The van der Waals surface area contributed by atoms with Gasteiger partial charge in [0.25, 0.3) is 5.56 Å². The largest absolute Gasteiger partial charge is 0.473 e. The minimum atomic E-state index is -2.34. The van der Waals surface area contributed by atoms with E-state index < -0.39 is 17.9 Å². The van der Waals surface area contributed by atoms with E-state index in [1.807, 2.05) is 0 Å². The molecule has 1 aromatic carbocycles. The lowest BCUT2D eigenvalue weighted by Crippen LogP contribution is -2.36. The third kappa shape index (κ3) is 4.63. The number of ether oxygens (including phenoxy) is 1. The number of amides is 1. The lowest BCUT2D eigenvalue weighted by Gasteiger charge is -2.35. The standard InChI is InChI=1S/C22H19BrF2N6O3/c23-13-4-5-15-16(10-13)20(34-14-7-12(8-14)9-17(24)25)28-31(21(15)33)11-19(32)27-22-26-18-3-1-2-6-30(18)29-22/h1-6,10,12,14,17H,7-9,11H2,(H,27,29,32). The predicted molar refractivity (Wildman–Crippen MR) is 123 cm³/mol. The van der Waals surface area contributed by atoms with Crippen molar-refractivity contribution in [2.24, 2.45) is 5.92 Å². The van der Waals surface area contributed by atoms with E-state index in [1.165, 1.54) is 4.52 Å². The van der Waals surface area contributed by atoms with Crippen LogP contribution in [-0.4, -0.2) is 42.8 Å². The Kier molecular flexibility index (Phi) is 5.98. The van der Waals surface area contributed by atoms with Crippen LogP contribution in [0.3, 0.4) is 0 Å². The highest BCUT2D eigenvalue weighted by Gasteiger charge is 2.33. The molecule has 1 N–H and O–H groups in total. The van der Waals surface area contributed by atoms with Crippen LogP contribution >= 0.6 is 15.9 Å². The number of hydrogen-bond acceptors (Lipinski definition) is 6. The number of nitrogens with zero attached hydrogens (tertiary/aromatic N) is 5. The first-order valence-electron chi connectivity index (χ1n) is 10.6. The molecule has 34 heavy (non-hydrogen) atoms. The summed E-state index contributed by atoms with van der Waals surface area (Å²) in [6, 6.07) is 10.4. The number of carbonyl (C=O) groups excluding carboxylic acids is 1. The smallest absolute Gasteiger partial charge is 0.275 e. The number of anilines is 1. The number of aromatic nitrogens is 5. The number of nitrogens with one attached hydrogen (secondary N) is 1. The SMILES string of the molecule is O=C(Cn1nc(OC2CC(CC(F)F)C2)c2cc(Br)ccc2c1=O)Nc1nc2ccccn2n1. The molecular formula is C22H19BrF2N6O3. The highest BCUT2D eigenvalue weighted by molar-refractivity contribution is 9.10. The zero-order valence-electron chi connectivity index (χ0n) is 17.7. The molecule has 5 rings (SSSR count). The highest BCUT2D eigenvalue weighted by Crippen LogP contribution is 2.36. The fourth-order valence-electron chi connectivity index (χ4n) is 3.98. The summed E-state index contributed by atoms with van der Waals surface area (Å²) < 4.78 is 34.4. The van der Waals surface area contributed by atoms with Gasteiger partial charge in [-0.1, -0.05) is 22.0 Å². The summed E-state index contributed by atoms with van der Waals surface area (Å²) >= 11 is 3.38. The number of benzene rings is 1. The van der Waals surface area contributed by atoms with E-state index in [9.17, 15) is 18.4 Å². The highest BCUT2D eigenvalue weighted by atomic mass is 79.9. The van der Waals surface area contributed by atoms with Gasteiger partial charge in [-0.05, 0) is 49.1 Å². The van der Waals surface area contributed by atoms with Crippen molar-refractivity contribution < 1.29 is 18.3 Å². The van der Waals surface area contributed by atoms with Crippen LogP contribution in [0, 0.1) is 5.92 Å². The Morgan fingerprint density at radius 2 is 2.03 bits per heavy atom. The molecule has 3 heterocycles. The molecule has 12 heteroatoms. The molecule has 0 unspecified atom stereocenters. The van der Waals surface area contributed by atoms with Crippen LogP contribution < -0.4 is 15.6 Å². The minimum absolute atomic E-state index is 0.0994. The molecule has 1 amide bonds. The maximum Gasteiger partial charge on any atom is 0.275 e. The van der Waals surface area contributed by atoms with Crippen molar-refractivity contribution in [3.63, 3.8) is 0 Å². The second kappa shape index (κ2) is 9.09. The number of carbonyl (C=O) groups is 1. The lowest BCUT2D eigenvalue weighted by atomic mass is 9.80. The Morgan fingerprint density at radius 1 is 1.21 bits per heavy atom. The second-order valence-electron chi connectivity index (χ2n) is 8.15. The van der Waals surface area contributed by atoms with E-state index >= 15 is 0 Å². The van der Waals surface area contributed by atoms with Crippen molar-refractivity contribution in [3.05, 3.63) is 57.4 Å². The zero-order chi connectivity index (χ0) is 23.8. The molecule has 0 radical (unpaired) electrons. The van der Waals surface area contributed by atoms with Crippen molar-refractivity contribution >= 4 is 44.2 Å². The summed E-state index contributed by atoms with van der Waals surface area (Å²) in [6.07, 6.45) is -0.108. The molecule has 4 aromatic rings. The third-order valence-electron chi connectivity index (χ3n) is 5.66. The zero-order valence-corrected chi connectivity index (χ0v) is 19.3. The van der Waals surface area contributed by atoms with E-state index in [1.54, 1.807) is 42.6 Å². The van der Waals surface area contributed by atoms with Gasteiger partial charge in [0, 0.05) is 17.1 Å². The first-order valence-corrected chi connectivity index (χ1v) is 11.4. The van der Waals surface area contributed by atoms with Crippen LogP contribution in [0.25, 0.3) is 16.4 Å². The van der Waals surface area contributed by atoms with E-state index in [-0.39, 0.29) is 36.8 Å². The fourth-order valence-corrected chi connectivity index (χ4v) is 4.34. The van der Waals surface area contributed by atoms with E-state index in [4.69, 9.17) is 4.74 Å². The molecule has 0 bridgehead atoms. The molecular weight excluding hydrogens is 514 g/mol. The summed E-state index contributed by atoms with van der Waals surface area (Å²) in [5, 5.41) is 11.8. The lowest BCUT2D eigenvalue weighted by molar-refractivity contribution is -0.117. The summed E-state index contributed by atoms with van der Waals surface area (Å²) in [4.78, 5) is 29.8. The van der Waals surface area contributed by atoms with Crippen molar-refractivity contribution in [2.45, 2.75) is 38.3 Å². The summed E-state index contributed by atoms with van der Waals surface area (Å²) in [7, 11) is 0. The van der Waals surface area contributed by atoms with Gasteiger partial charge in [0.2, 0.25) is 24.2 Å². The van der Waals surface area contributed by atoms with Gasteiger partial charge in [0.05, 0.1) is 10.8 Å². The van der Waals surface area contributed by atoms with Gasteiger partial charge in [0.15, 0.2) is 5.65 Å². The molecule has 0 atom stereocenters. The van der Waals surface area contributed by atoms with Crippen molar-refractivity contribution in [2.75, 3.05) is 5.32 Å². The number of fused-ring (bicyclic) bond motifs is 2. The Bertz CT molecular complexity index is 1400. The topological polar surface area (TPSA) is 103 Å². The van der Waals surface area contributed by atoms with Crippen molar-refractivity contribution in [1.82, 2.24) is 24.4 Å². The van der Waals surface area contributed by atoms with Gasteiger partial charge < -0.3 is 4.74 Å². The van der Waals surface area contributed by atoms with Crippen molar-refractivity contribution in [1.29, 1.82) is 0 Å². The monoisotopic (exact) mass is 532 g/mol. The maximum atomic E-state index is 13.0. The molecule has 0 saturated heterocycles. The molecule has 176 valence electrons. The summed E-state index contributed by atoms with van der Waals surface area (Å²) in [5.41, 5.74) is 0.0999. The Morgan fingerprint density at radius 3 is 2.79 bits per heavy atom. The average molecular weight is 533 g/mol. The van der Waals surface area contributed by atoms with Gasteiger partial charge in [-0.25, -0.2) is 18.0 Å². The molecule has 1 fully saturated rings. The molecule has 3 aromatic heterocycles. The van der Waals surface area contributed by atoms with Crippen LogP contribution in [0.2, 0.25) is 0 Å². The molecule has 0 spiro atoms. The first kappa shape index (κ1) is 22.4. The Balaban J connectivity index is 1.38. The maximum absolute atomic E-state index is 13.0. The van der Waals surface area contributed by atoms with Gasteiger partial charge in [-0.3, -0.25) is 14.9 Å². The number of rotatable bonds is 7. The quantitative estimate of drug-likeness (QED) is 0.389. The summed E-state index contributed by atoms with van der Waals surface area (Å²) in [5.74, 6) is -0.355. The number of alkyl halides is 2. The van der Waals surface area contributed by atoms with Gasteiger partial charge >= 0.3 is 0 Å². The number of hydrogen-bond donors (Lipinski definition) is 1. The van der Waals surface area contributed by atoms with Crippen LogP contribution in [-0.2, 0) is 11.3 Å². The second-order valence-corrected chi connectivity index (χ2v) is 9.06. The third-order valence-corrected chi connectivity index (χ3v) is 6.15. The Labute approximate surface area is 199 Å². The normalized spacial score (nSPS) is 17.8. The van der Waals surface area contributed by atoms with E-state index in [2.05, 4.69) is 36.4 Å². The van der Waals surface area contributed by atoms with E-state index in [0.717, 1.165) is 9.15 Å². The molecule has 0 aliphatic heterocycles. The van der Waals surface area contributed by atoms with Gasteiger partial charge in [-0.2, -0.15) is 4.98 Å². The van der Waals surface area contributed by atoms with Crippen LogP contribution in [0.1, 0.15) is 19.3 Å². The van der Waals surface area contributed by atoms with Crippen LogP contribution in [0.15, 0.2) is 51.9 Å². The number of pyridine rings is 1. The average Bonchev–Trinajstić information content (AvgIpc) is 3.17. The van der Waals surface area contributed by atoms with E-state index in [0.29, 0.717) is 29.3 Å². The minimum Gasteiger partial charge on any atom is -0.473 e.